The quantitative estimate of drug-likeness (QED) is 0.634. The Kier molecular flexibility index (Phi) is 2.37. The highest BCUT2D eigenvalue weighted by Crippen LogP contribution is 2.33. The van der Waals surface area contributed by atoms with Crippen LogP contribution in [0, 0.1) is 0 Å². The summed E-state index contributed by atoms with van der Waals surface area (Å²) in [6, 6.07) is 14.8. The Hall–Kier alpha value is -2.59. The summed E-state index contributed by atoms with van der Waals surface area (Å²) in [4.78, 5) is 22.8. The van der Waals surface area contributed by atoms with E-state index in [1.807, 2.05) is 42.5 Å². The molecule has 2 aromatic carbocycles. The minimum atomic E-state index is -0.196. The summed E-state index contributed by atoms with van der Waals surface area (Å²) in [7, 11) is 0. The molecule has 0 atom stereocenters. The van der Waals surface area contributed by atoms with Gasteiger partial charge in [-0.05, 0) is 11.6 Å². The average Bonchev–Trinajstić information content (AvgIpc) is 2.63. The van der Waals surface area contributed by atoms with Crippen LogP contribution in [-0.4, -0.2) is 0 Å². The van der Waals surface area contributed by atoms with Crippen LogP contribution in [0.4, 0.5) is 0 Å². The van der Waals surface area contributed by atoms with E-state index >= 15 is 0 Å². The van der Waals surface area contributed by atoms with Gasteiger partial charge in [-0.15, -0.1) is 0 Å². The van der Waals surface area contributed by atoms with Crippen molar-refractivity contribution in [3.8, 4) is 17.1 Å². The van der Waals surface area contributed by atoms with E-state index in [0.29, 0.717) is 16.7 Å². The maximum atomic E-state index is 12.5. The van der Waals surface area contributed by atoms with E-state index in [0.717, 1.165) is 11.1 Å². The third kappa shape index (κ3) is 1.55. The van der Waals surface area contributed by atoms with Gasteiger partial charge in [0.25, 0.3) is 5.75 Å². The molecule has 2 bridgehead atoms. The van der Waals surface area contributed by atoms with Gasteiger partial charge in [0.05, 0.1) is 5.39 Å². The van der Waals surface area contributed by atoms with E-state index in [4.69, 9.17) is 14.2 Å². The first kappa shape index (κ1) is 11.3. The first-order valence-electron chi connectivity index (χ1n) is 6.28. The number of fused-ring (bicyclic) bond motifs is 1. The van der Waals surface area contributed by atoms with Crippen LogP contribution in [0.15, 0.2) is 57.7 Å². The lowest BCUT2D eigenvalue weighted by Gasteiger charge is -2.06. The lowest BCUT2D eigenvalue weighted by atomic mass is 10.1. The maximum Gasteiger partial charge on any atom is 0.256 e. The molecule has 4 rings (SSSR count). The zero-order chi connectivity index (χ0) is 13.5. The van der Waals surface area contributed by atoms with Crippen LogP contribution in [-0.2, 0) is 11.5 Å². The second-order valence-electron chi connectivity index (χ2n) is 4.59. The summed E-state index contributed by atoms with van der Waals surface area (Å²) in [6.45, 7) is 0.226. The topological polar surface area (TPSA) is 48.7 Å². The second-order valence-corrected chi connectivity index (χ2v) is 4.59. The molecule has 3 aromatic rings. The van der Waals surface area contributed by atoms with E-state index in [-0.39, 0.29) is 17.8 Å². The number of benzene rings is 2. The van der Waals surface area contributed by atoms with Crippen LogP contribution in [0.5, 0.6) is 5.75 Å². The van der Waals surface area contributed by atoms with Gasteiger partial charge in [-0.1, -0.05) is 42.5 Å². The molecule has 1 aliphatic rings. The molecule has 0 unspecified atom stereocenters. The van der Waals surface area contributed by atoms with Crippen molar-refractivity contribution in [1.82, 2.24) is 0 Å². The van der Waals surface area contributed by atoms with Crippen molar-refractivity contribution < 1.29 is 14.2 Å². The van der Waals surface area contributed by atoms with Gasteiger partial charge in [-0.2, -0.15) is 4.89 Å². The Balaban J connectivity index is 2.13. The molecule has 0 amide bonds. The molecule has 0 aliphatic carbocycles. The van der Waals surface area contributed by atoms with E-state index in [1.165, 1.54) is 0 Å². The third-order valence-electron chi connectivity index (χ3n) is 3.36. The van der Waals surface area contributed by atoms with Gasteiger partial charge in [0.1, 0.15) is 12.2 Å². The molecule has 0 fully saturated rings. The van der Waals surface area contributed by atoms with Gasteiger partial charge in [0.15, 0.2) is 5.76 Å². The summed E-state index contributed by atoms with van der Waals surface area (Å²) >= 11 is 0. The molecule has 1 aliphatic heterocycles. The van der Waals surface area contributed by atoms with Crippen molar-refractivity contribution in [2.24, 2.45) is 0 Å². The first-order valence-corrected chi connectivity index (χ1v) is 6.28. The normalized spacial score (nSPS) is 13.2. The van der Waals surface area contributed by atoms with Crippen LogP contribution < -0.4 is 10.3 Å². The molecule has 0 radical (unpaired) electrons. The van der Waals surface area contributed by atoms with Gasteiger partial charge in [0.2, 0.25) is 5.43 Å². The maximum absolute atomic E-state index is 12.5. The molecular weight excluding hydrogens is 256 g/mol. The van der Waals surface area contributed by atoms with Crippen LogP contribution in [0.25, 0.3) is 22.3 Å². The smallest absolute Gasteiger partial charge is 0.256 e. The molecule has 2 heterocycles. The standard InChI is InChI=1S/C16H10O4/c17-14-13-11-7-4-8-12(13)19-15(16(14)20-18-9-11)10-5-2-1-3-6-10/h1-8H,9H2. The summed E-state index contributed by atoms with van der Waals surface area (Å²) in [5.41, 5.74) is 1.90. The predicted octanol–water partition coefficient (Wildman–Crippen LogP) is 3.28. The summed E-state index contributed by atoms with van der Waals surface area (Å²) in [5, 5.41) is 0.527. The molecule has 20 heavy (non-hydrogen) atoms. The van der Waals surface area contributed by atoms with Crippen LogP contribution in [0.1, 0.15) is 5.56 Å². The Morgan fingerprint density at radius 1 is 0.950 bits per heavy atom. The molecule has 98 valence electrons. The van der Waals surface area contributed by atoms with Crippen molar-refractivity contribution in [3.05, 3.63) is 64.3 Å². The molecule has 0 spiro atoms. The fourth-order valence-electron chi connectivity index (χ4n) is 2.42. The summed E-state index contributed by atoms with van der Waals surface area (Å²) in [5.74, 6) is 0.496. The van der Waals surface area contributed by atoms with Crippen molar-refractivity contribution in [2.45, 2.75) is 6.61 Å². The summed E-state index contributed by atoms with van der Waals surface area (Å²) < 4.78 is 5.87. The highest BCUT2D eigenvalue weighted by molar-refractivity contribution is 5.85. The highest BCUT2D eigenvalue weighted by Gasteiger charge is 2.23. The van der Waals surface area contributed by atoms with Crippen molar-refractivity contribution >= 4 is 11.0 Å². The Bertz CT molecular complexity index is 849. The second kappa shape index (κ2) is 4.21. The van der Waals surface area contributed by atoms with E-state index in [9.17, 15) is 4.79 Å². The fourth-order valence-corrected chi connectivity index (χ4v) is 2.42. The average molecular weight is 266 g/mol. The lowest BCUT2D eigenvalue weighted by Crippen LogP contribution is -2.07. The van der Waals surface area contributed by atoms with E-state index in [2.05, 4.69) is 0 Å². The largest absolute Gasteiger partial charge is 0.452 e. The van der Waals surface area contributed by atoms with Crippen molar-refractivity contribution in [3.63, 3.8) is 0 Å². The van der Waals surface area contributed by atoms with Gasteiger partial charge >= 0.3 is 0 Å². The van der Waals surface area contributed by atoms with E-state index in [1.54, 1.807) is 6.07 Å². The fraction of sp³-hybridized carbons (Fsp3) is 0.0625. The number of hydrogen-bond acceptors (Lipinski definition) is 4. The molecule has 0 saturated carbocycles. The van der Waals surface area contributed by atoms with Crippen molar-refractivity contribution in [1.29, 1.82) is 0 Å². The van der Waals surface area contributed by atoms with Gasteiger partial charge in [-0.3, -0.25) is 4.79 Å². The van der Waals surface area contributed by atoms with E-state index < -0.39 is 0 Å². The molecule has 0 saturated heterocycles. The molecule has 0 N–H and O–H groups in total. The minimum Gasteiger partial charge on any atom is -0.452 e. The summed E-state index contributed by atoms with van der Waals surface area (Å²) in [6.07, 6.45) is 0. The van der Waals surface area contributed by atoms with Crippen molar-refractivity contribution in [2.75, 3.05) is 0 Å². The molecular formula is C16H10O4. The number of rotatable bonds is 1. The zero-order valence-corrected chi connectivity index (χ0v) is 10.5. The molecule has 1 aromatic heterocycles. The SMILES string of the molecule is O=c1c2c(-c3ccccc3)oc3cccc(c13)COO2. The number of hydrogen-bond donors (Lipinski definition) is 0. The molecule has 4 nitrogen and oxygen atoms in total. The highest BCUT2D eigenvalue weighted by atomic mass is 17.2. The monoisotopic (exact) mass is 266 g/mol. The van der Waals surface area contributed by atoms with Crippen LogP contribution in [0.2, 0.25) is 0 Å². The molecule has 4 heteroatoms. The van der Waals surface area contributed by atoms with Crippen LogP contribution in [0.3, 0.4) is 0 Å². The zero-order valence-electron chi connectivity index (χ0n) is 10.5. The van der Waals surface area contributed by atoms with Gasteiger partial charge < -0.3 is 9.30 Å². The predicted molar refractivity (Wildman–Crippen MR) is 73.3 cm³/mol. The first-order chi connectivity index (χ1) is 9.84. The third-order valence-corrected chi connectivity index (χ3v) is 3.36. The van der Waals surface area contributed by atoms with Crippen LogP contribution >= 0.6 is 0 Å². The van der Waals surface area contributed by atoms with Gasteiger partial charge in [0, 0.05) is 5.56 Å². The lowest BCUT2D eigenvalue weighted by molar-refractivity contribution is -0.216. The Labute approximate surface area is 114 Å². The Morgan fingerprint density at radius 3 is 2.65 bits per heavy atom. The Morgan fingerprint density at radius 2 is 1.80 bits per heavy atom. The van der Waals surface area contributed by atoms with Gasteiger partial charge in [-0.25, -0.2) is 0 Å². The minimum absolute atomic E-state index is 0.105.